The zero-order valence-electron chi connectivity index (χ0n) is 145. The van der Waals surface area contributed by atoms with Gasteiger partial charge in [-0.2, -0.15) is 0 Å². The molecule has 0 saturated heterocycles. The lowest BCUT2D eigenvalue weighted by molar-refractivity contribution is 1.58. The van der Waals surface area contributed by atoms with E-state index >= 15 is 0 Å². The highest BCUT2D eigenvalue weighted by atomic mass is 14.3. The van der Waals surface area contributed by atoms with Gasteiger partial charge >= 0.3 is 0 Å². The van der Waals surface area contributed by atoms with E-state index in [1.54, 1.807) is 0 Å². The third-order valence-corrected chi connectivity index (χ3v) is 20.1. The van der Waals surface area contributed by atoms with Crippen LogP contribution in [0.25, 0.3) is 241 Å². The Labute approximate surface area is 848 Å². The van der Waals surface area contributed by atoms with E-state index in [1.807, 2.05) is 0 Å². The van der Waals surface area contributed by atoms with Crippen LogP contribution in [0.2, 0.25) is 0 Å². The molecule has 25 aromatic carbocycles. The summed E-state index contributed by atoms with van der Waals surface area (Å²) in [7, 11) is 0. The lowest BCUT2D eigenvalue weighted by Crippen LogP contribution is -1.93. The minimum Gasteiger partial charge on any atom is -0.0622 e. The normalized spacial score (nSPS) is 20.6. The van der Waals surface area contributed by atoms with Gasteiger partial charge in [-0.15, -0.1) is 0 Å². The third kappa shape index (κ3) is 13.2. The summed E-state index contributed by atoms with van der Waals surface area (Å²) in [5, 5.41) is -16.8. The van der Waals surface area contributed by atoms with Crippen molar-refractivity contribution in [2.75, 3.05) is 0 Å². The van der Waals surface area contributed by atoms with Crippen molar-refractivity contribution in [3.63, 3.8) is 0 Å². The largest absolute Gasteiger partial charge is 0.0636 e. The Morgan fingerprint density at radius 1 is 0.0952 bits per heavy atom. The Kier molecular flexibility index (Phi) is 7.25. The van der Waals surface area contributed by atoms with Crippen molar-refractivity contribution < 1.29 is 112 Å². The quantitative estimate of drug-likeness (QED) is 0.0946. The maximum absolute atomic E-state index is 9.99. The molecule has 0 nitrogen and oxygen atoms in total. The number of hydrogen-bond acceptors (Lipinski definition) is 0. The first kappa shape index (κ1) is 28.3. The van der Waals surface area contributed by atoms with Crippen LogP contribution in [-0.2, 0) is 0 Å². The molecule has 0 atom stereocenters. The van der Waals surface area contributed by atoms with Gasteiger partial charge < -0.3 is 0 Å². The van der Waals surface area contributed by atoms with Crippen LogP contribution in [0.5, 0.6) is 0 Å². The molecule has 0 unspecified atom stereocenters. The van der Waals surface area contributed by atoms with E-state index in [1.165, 1.54) is 0 Å². The van der Waals surface area contributed by atoms with Gasteiger partial charge in [0.1, 0.15) is 0 Å². The van der Waals surface area contributed by atoms with Gasteiger partial charge in [0.15, 0.2) is 0 Å². The molecule has 0 bridgehead atoms. The lowest BCUT2D eigenvalue weighted by Gasteiger charge is -2.20. The summed E-state index contributed by atoms with van der Waals surface area (Å²) < 4.78 is 733. The summed E-state index contributed by atoms with van der Waals surface area (Å²) in [4.78, 5) is 0. The van der Waals surface area contributed by atoms with Crippen LogP contribution in [-0.4, -0.2) is 0 Å². The van der Waals surface area contributed by atoms with E-state index in [0.29, 0.717) is 0 Å². The van der Waals surface area contributed by atoms with Crippen LogP contribution in [0.1, 0.15) is 112 Å². The highest BCUT2D eigenvalue weighted by molar-refractivity contribution is 6.27. The van der Waals surface area contributed by atoms with Gasteiger partial charge in [0.05, 0.1) is 112 Å². The molecule has 0 fully saturated rings. The fourth-order valence-electron chi connectivity index (χ4n) is 14.8. The SMILES string of the molecule is [2H]c1c([2H])c(-c2c([2H])c([2H])c([2H])c3c([2H])c([2H])c([2H])c([2H])c23)c([2H])c(-c2c3c([2H])c([2H])c([2H])c([2H])c3c(-c3c([2H])c([2H])c([2H])c4c([2H])c([2H])c([2H])c([2H])c34)c3c([2H])c([2H])c([2H])c([2H])c23)c1[2H].[2H]c1c([2H])c(-c2c3c([2H])c([2H])c([2H])c([2H])c3c(-c3c([2H])c([2H])c([2H])c4c([2H])c([2H])c([2H])c([2H])c34)c3c([2H])c([2H])c([2H])c([2H])c23)c([2H])c(-c2c([2H])c([2H])c([2H])c3c2c([2H])c([2H])c2c([2H])c([2H])c([2H])c([2H])c23)c1[2H].[2H]c1c([2H])c([2H])c(-c2c([2H])c([2H])c(-c3c4c([2H])c([2H])c([2H])c([2H])c4c(-c4c([2H])c([2H])c([2H])c5c([2H])c([2H])c([2H])c([2H])c45)c4c([2H])c([2H])c([2H])c([2H])c34)c([2H])c2-c2c([2H])c([2H])c([2H])c([2H])c2[2H])c([2H])c1[2H]. The van der Waals surface area contributed by atoms with Crippen LogP contribution in [0, 0.1) is 0 Å². The van der Waals surface area contributed by atoms with Gasteiger partial charge in [-0.25, -0.2) is 0 Å². The monoisotopic (exact) mass is 1680 g/mol. The minimum absolute atomic E-state index is 0.543. The second-order valence-electron chi connectivity index (χ2n) is 26.8. The first-order valence-electron chi connectivity index (χ1n) is 78.0. The Bertz CT molecular complexity index is 13600. The second-order valence-corrected chi connectivity index (χ2v) is 26.8. The Balaban J connectivity index is 0.000000159. The Hall–Kier alpha value is -16.4. The van der Waals surface area contributed by atoms with E-state index in [9.17, 15) is 35.6 Å². The summed E-state index contributed by atoms with van der Waals surface area (Å²) in [5.41, 5.74) is -16.5. The van der Waals surface area contributed by atoms with Gasteiger partial charge in [0, 0.05) is 0 Å². The Morgan fingerprint density at radius 2 is 0.317 bits per heavy atom. The molecule has 586 valence electrons. The molecule has 25 rings (SSSR count). The van der Waals surface area contributed by atoms with Crippen molar-refractivity contribution in [1.29, 1.82) is 0 Å². The third-order valence-electron chi connectivity index (χ3n) is 20.1. The molecule has 0 aliphatic carbocycles. The van der Waals surface area contributed by atoms with Crippen molar-refractivity contribution >= 4 is 129 Å². The molecule has 0 aliphatic rings. The van der Waals surface area contributed by atoms with Crippen LogP contribution < -0.4 is 0 Å². The molecule has 0 heteroatoms. The summed E-state index contributed by atoms with van der Waals surface area (Å²) in [6.45, 7) is 0. The van der Waals surface area contributed by atoms with Crippen molar-refractivity contribution in [3.05, 3.63) is 495 Å². The van der Waals surface area contributed by atoms with Crippen LogP contribution in [0.15, 0.2) is 495 Å². The van der Waals surface area contributed by atoms with Gasteiger partial charge in [-0.1, -0.05) is 477 Å². The molecule has 126 heavy (non-hydrogen) atoms. The number of fused-ring (bicyclic) bond motifs is 13. The zero-order chi connectivity index (χ0) is 155. The minimum atomic E-state index is -1.18. The molecular formula is C126H82. The standard InChI is InChI=1S/C44H28.C42H28.C40H26/c1-4-18-34-29(12-1)14-10-25-38(34)44-41-21-7-5-19-39(41)43(40-20-6-8-22-42(40)44)32-16-9-15-31(28-32)35-23-11-24-36-33-17-3-2-13-30(33)26-27-37(35)36;1-3-14-29(15-4-1)34-27-26-32(28-40(34)31-16-5-2-6-17-31)41-36-21-9-11-23-38(36)42(39-24-12-10-22-37(39)41)35-25-13-19-30-18-7-8-20-33(30)35;1-3-18-31-27(12-1)14-10-24-33(31)29-16-9-17-30(26-29)39-35-20-5-7-22-37(35)40(38-23-8-6-21-36(38)39)34-25-11-15-28-13-2-4-19-32(28)34/h1-28H;1-28H;1-26H/i2*1D,2D,3D,4D,5D,6D,7D,8D,9D,10D,11D,12D,13D,14D,15D,16D,17D,18D,19D,20D,21D,22D,23D,24D,25D,26D,27D,28D;1D,2D,3D,4D,5D,6D,7D,8D,9D,10D,11D,12D,13D,14D,15D,16D,17D,18D,19D,20D,21D,22D,23D,24D,25D,26D. The molecule has 0 aromatic heterocycles. The molecular weight excluding hydrogens is 1510 g/mol. The summed E-state index contributed by atoms with van der Waals surface area (Å²) >= 11 is 0. The maximum atomic E-state index is 9.99. The van der Waals surface area contributed by atoms with E-state index in [0.717, 1.165) is 0 Å². The van der Waals surface area contributed by atoms with Crippen molar-refractivity contribution in [1.82, 2.24) is 0 Å². The lowest BCUT2D eigenvalue weighted by atomic mass is 9.83. The van der Waals surface area contributed by atoms with E-state index in [2.05, 4.69) is 0 Å². The smallest absolute Gasteiger partial charge is 0.0622 e. The zero-order valence-corrected chi connectivity index (χ0v) is 63.0. The molecule has 25 aromatic rings. The highest BCUT2D eigenvalue weighted by Gasteiger charge is 2.24. The molecule has 0 spiro atoms. The van der Waals surface area contributed by atoms with Crippen LogP contribution in [0.4, 0.5) is 0 Å². The average Bonchev–Trinajstić information content (AvgIpc) is 0.682. The van der Waals surface area contributed by atoms with Crippen molar-refractivity contribution in [3.8, 4) is 111 Å². The molecule has 0 radical (unpaired) electrons. The molecule has 0 aliphatic heterocycles. The number of rotatable bonds is 10. The van der Waals surface area contributed by atoms with Crippen LogP contribution >= 0.6 is 0 Å². The predicted molar refractivity (Wildman–Crippen MR) is 544 cm³/mol. The van der Waals surface area contributed by atoms with E-state index in [4.69, 9.17) is 76.8 Å². The number of hydrogen-bond donors (Lipinski definition) is 0. The van der Waals surface area contributed by atoms with Crippen molar-refractivity contribution in [2.24, 2.45) is 0 Å². The molecule has 0 saturated carbocycles. The van der Waals surface area contributed by atoms with E-state index in [-0.39, 0.29) is 0 Å². The second kappa shape index (κ2) is 32.2. The van der Waals surface area contributed by atoms with E-state index < -0.39 is 736 Å². The van der Waals surface area contributed by atoms with Crippen molar-refractivity contribution in [2.45, 2.75) is 0 Å². The van der Waals surface area contributed by atoms with Gasteiger partial charge in [0.2, 0.25) is 0 Å². The molecule has 0 heterocycles. The Morgan fingerprint density at radius 3 is 0.675 bits per heavy atom. The first-order valence-corrected chi connectivity index (χ1v) is 37.0. The fraction of sp³-hybridized carbons (Fsp3) is 0. The number of benzene rings is 25. The van der Waals surface area contributed by atoms with Crippen LogP contribution in [0.3, 0.4) is 0 Å². The molecule has 0 amide bonds. The van der Waals surface area contributed by atoms with Gasteiger partial charge in [0.25, 0.3) is 0 Å². The first-order chi connectivity index (χ1) is 96.7. The average molecular weight is 1680 g/mol. The highest BCUT2D eigenvalue weighted by Crippen LogP contribution is 2.52. The summed E-state index contributed by atoms with van der Waals surface area (Å²) in [5.74, 6) is 0. The fourth-order valence-corrected chi connectivity index (χ4v) is 14.8. The predicted octanol–water partition coefficient (Wildman–Crippen LogP) is 35.6. The van der Waals surface area contributed by atoms with Gasteiger partial charge in [-0.05, 0) is 259 Å². The van der Waals surface area contributed by atoms with Gasteiger partial charge in [-0.3, -0.25) is 0 Å². The summed E-state index contributed by atoms with van der Waals surface area (Å²) in [6, 6.07) is -79.8. The topological polar surface area (TPSA) is 0 Å². The maximum Gasteiger partial charge on any atom is 0.0636 e. The molecule has 0 N–H and O–H groups in total. The summed E-state index contributed by atoms with van der Waals surface area (Å²) in [6.07, 6.45) is 0.